The Morgan fingerprint density at radius 3 is 1.21 bits per heavy atom. The van der Waals surface area contributed by atoms with E-state index in [0.29, 0.717) is 17.5 Å². The lowest BCUT2D eigenvalue weighted by molar-refractivity contribution is 0.669. The molecule has 1 aliphatic rings. The average molecular weight is 808 g/mol. The van der Waals surface area contributed by atoms with Gasteiger partial charge in [0.2, 0.25) is 0 Å². The van der Waals surface area contributed by atoms with Gasteiger partial charge in [0.15, 0.2) is 23.1 Å². The number of para-hydroxylation sites is 6. The van der Waals surface area contributed by atoms with Crippen molar-refractivity contribution in [2.24, 2.45) is 0 Å². The molecule has 0 atom stereocenters. The van der Waals surface area contributed by atoms with E-state index in [-0.39, 0.29) is 0 Å². The zero-order chi connectivity index (χ0) is 41.7. The molecule has 0 saturated carbocycles. The molecule has 0 bridgehead atoms. The Morgan fingerprint density at radius 1 is 0.286 bits per heavy atom. The molecule has 0 spiro atoms. The summed E-state index contributed by atoms with van der Waals surface area (Å²) in [4.78, 5) is 20.0. The summed E-state index contributed by atoms with van der Waals surface area (Å²) in [7, 11) is 0. The van der Waals surface area contributed by atoms with Crippen LogP contribution in [0.2, 0.25) is 0 Å². The first-order valence-corrected chi connectivity index (χ1v) is 21.1. The van der Waals surface area contributed by atoms with E-state index in [4.69, 9.17) is 19.4 Å². The van der Waals surface area contributed by atoms with Crippen molar-refractivity contribution >= 4 is 56.1 Å². The van der Waals surface area contributed by atoms with Crippen LogP contribution in [0.4, 0.5) is 34.1 Å². The first-order chi connectivity index (χ1) is 31.2. The van der Waals surface area contributed by atoms with Gasteiger partial charge in [0.1, 0.15) is 5.58 Å². The van der Waals surface area contributed by atoms with Crippen LogP contribution in [0.3, 0.4) is 0 Å². The van der Waals surface area contributed by atoms with Crippen molar-refractivity contribution in [2.45, 2.75) is 0 Å². The van der Waals surface area contributed by atoms with Crippen LogP contribution in [0.1, 0.15) is 0 Å². The number of benzene rings is 9. The Hall–Kier alpha value is -8.61. The highest BCUT2D eigenvalue weighted by atomic mass is 16.3. The van der Waals surface area contributed by atoms with E-state index in [1.165, 1.54) is 0 Å². The molecule has 6 nitrogen and oxygen atoms in total. The zero-order valence-electron chi connectivity index (χ0n) is 34.0. The molecular formula is C57H37N5O. The Balaban J connectivity index is 0.978. The van der Waals surface area contributed by atoms with Crippen LogP contribution in [0.25, 0.3) is 78.4 Å². The minimum atomic E-state index is 0.566. The van der Waals surface area contributed by atoms with Gasteiger partial charge in [-0.05, 0) is 76.9 Å². The number of rotatable bonds is 7. The van der Waals surface area contributed by atoms with Crippen LogP contribution in [0.5, 0.6) is 0 Å². The smallest absolute Gasteiger partial charge is 0.164 e. The highest BCUT2D eigenvalue weighted by Gasteiger charge is 2.31. The van der Waals surface area contributed by atoms with Crippen LogP contribution >= 0.6 is 0 Å². The highest BCUT2D eigenvalue weighted by molar-refractivity contribution is 6.13. The van der Waals surface area contributed by atoms with E-state index >= 15 is 0 Å². The van der Waals surface area contributed by atoms with E-state index in [1.807, 2.05) is 12.1 Å². The summed E-state index contributed by atoms with van der Waals surface area (Å²) in [6.45, 7) is 0. The molecule has 12 rings (SSSR count). The van der Waals surface area contributed by atoms with Gasteiger partial charge in [-0.15, -0.1) is 0 Å². The van der Waals surface area contributed by atoms with Gasteiger partial charge >= 0.3 is 0 Å². The third-order valence-corrected chi connectivity index (χ3v) is 11.9. The number of aromatic nitrogens is 3. The van der Waals surface area contributed by atoms with Crippen LogP contribution < -0.4 is 9.80 Å². The molecular weight excluding hydrogens is 771 g/mol. The van der Waals surface area contributed by atoms with Gasteiger partial charge in [0.05, 0.1) is 28.4 Å². The lowest BCUT2D eigenvalue weighted by atomic mass is 10.0. The van der Waals surface area contributed by atoms with Gasteiger partial charge in [-0.2, -0.15) is 0 Å². The summed E-state index contributed by atoms with van der Waals surface area (Å²) in [6, 6.07) is 78.0. The quantitative estimate of drug-likeness (QED) is 0.160. The number of furan rings is 1. The van der Waals surface area contributed by atoms with Crippen molar-refractivity contribution in [3.05, 3.63) is 224 Å². The van der Waals surface area contributed by atoms with Crippen molar-refractivity contribution < 1.29 is 4.42 Å². The van der Waals surface area contributed by atoms with Gasteiger partial charge < -0.3 is 14.2 Å². The molecule has 11 aromatic rings. The molecule has 0 saturated heterocycles. The Kier molecular flexibility index (Phi) is 8.71. The summed E-state index contributed by atoms with van der Waals surface area (Å²) in [6.07, 6.45) is 0. The maximum atomic E-state index is 6.95. The van der Waals surface area contributed by atoms with Gasteiger partial charge in [0, 0.05) is 33.2 Å². The van der Waals surface area contributed by atoms with Gasteiger partial charge in [-0.3, -0.25) is 0 Å². The average Bonchev–Trinajstić information content (AvgIpc) is 3.75. The zero-order valence-corrected chi connectivity index (χ0v) is 34.0. The summed E-state index contributed by atoms with van der Waals surface area (Å²) >= 11 is 0. The fourth-order valence-electron chi connectivity index (χ4n) is 8.81. The lowest BCUT2D eigenvalue weighted by Crippen LogP contribution is -2.23. The Morgan fingerprint density at radius 2 is 0.683 bits per heavy atom. The van der Waals surface area contributed by atoms with Crippen molar-refractivity contribution in [1.29, 1.82) is 0 Å². The fourth-order valence-corrected chi connectivity index (χ4v) is 8.81. The first kappa shape index (κ1) is 36.3. The van der Waals surface area contributed by atoms with E-state index in [9.17, 15) is 0 Å². The molecule has 6 heteroatoms. The van der Waals surface area contributed by atoms with Crippen molar-refractivity contribution in [3.63, 3.8) is 0 Å². The van der Waals surface area contributed by atoms with Gasteiger partial charge in [-0.1, -0.05) is 170 Å². The molecule has 0 amide bonds. The van der Waals surface area contributed by atoms with E-state index < -0.39 is 0 Å². The summed E-state index contributed by atoms with van der Waals surface area (Å²) in [5.41, 5.74) is 15.1. The molecule has 1 aliphatic heterocycles. The summed E-state index contributed by atoms with van der Waals surface area (Å²) in [5, 5.41) is 2.05. The topological polar surface area (TPSA) is 58.3 Å². The molecule has 0 N–H and O–H groups in total. The third-order valence-electron chi connectivity index (χ3n) is 11.9. The SMILES string of the molecule is c1ccc(-c2ccc(-c3nc(-c4ccc(-c5ccccc5)cc4)nc(-c4ccc5c(c4)oc4c(N6c7ccccc7N(c7ccccc7)c7ccccc76)cccc45)n3)cc2)cc1. The minimum Gasteiger partial charge on any atom is -0.454 e. The van der Waals surface area contributed by atoms with Crippen LogP contribution in [0, 0.1) is 0 Å². The van der Waals surface area contributed by atoms with Crippen molar-refractivity contribution in [1.82, 2.24) is 15.0 Å². The fraction of sp³-hybridized carbons (Fsp3) is 0. The number of nitrogens with zero attached hydrogens (tertiary/aromatic N) is 5. The Labute approximate surface area is 364 Å². The minimum absolute atomic E-state index is 0.566. The van der Waals surface area contributed by atoms with E-state index in [1.54, 1.807) is 0 Å². The third kappa shape index (κ3) is 6.40. The molecule has 0 radical (unpaired) electrons. The molecule has 3 heterocycles. The first-order valence-electron chi connectivity index (χ1n) is 21.1. The van der Waals surface area contributed by atoms with E-state index in [0.717, 1.165) is 95.0 Å². The number of hydrogen-bond donors (Lipinski definition) is 0. The summed E-state index contributed by atoms with van der Waals surface area (Å²) < 4.78 is 6.95. The normalized spacial score (nSPS) is 12.1. The Bertz CT molecular complexity index is 3290. The highest BCUT2D eigenvalue weighted by Crippen LogP contribution is 2.55. The van der Waals surface area contributed by atoms with Crippen LogP contribution in [-0.4, -0.2) is 15.0 Å². The molecule has 296 valence electrons. The van der Waals surface area contributed by atoms with Crippen molar-refractivity contribution in [3.8, 4) is 56.4 Å². The maximum Gasteiger partial charge on any atom is 0.164 e. The van der Waals surface area contributed by atoms with Crippen LogP contribution in [-0.2, 0) is 0 Å². The number of fused-ring (bicyclic) bond motifs is 5. The van der Waals surface area contributed by atoms with Crippen molar-refractivity contribution in [2.75, 3.05) is 9.80 Å². The standard InChI is InChI=1S/C57H37N5O/c1-4-15-38(16-5-1)40-27-31-42(32-28-40)55-58-56(43-33-29-41(30-34-43)39-17-6-2-7-18-39)60-57(59-55)44-35-36-46-47-21-14-26-52(54(47)63-53(46)37-44)62-50-24-12-10-22-48(50)61(45-19-8-3-9-20-45)49-23-11-13-25-51(49)62/h1-37H. The number of hydrogen-bond acceptors (Lipinski definition) is 6. The largest absolute Gasteiger partial charge is 0.454 e. The number of anilines is 6. The molecule has 2 aromatic heterocycles. The predicted octanol–water partition coefficient (Wildman–Crippen LogP) is 15.4. The molecule has 0 fully saturated rings. The monoisotopic (exact) mass is 807 g/mol. The van der Waals surface area contributed by atoms with Crippen LogP contribution in [0.15, 0.2) is 229 Å². The molecule has 0 unspecified atom stereocenters. The second-order valence-electron chi connectivity index (χ2n) is 15.6. The molecule has 9 aromatic carbocycles. The maximum absolute atomic E-state index is 6.95. The lowest BCUT2D eigenvalue weighted by Gasteiger charge is -2.40. The molecule has 63 heavy (non-hydrogen) atoms. The molecule has 0 aliphatic carbocycles. The van der Waals surface area contributed by atoms with E-state index in [2.05, 4.69) is 222 Å². The van der Waals surface area contributed by atoms with Gasteiger partial charge in [-0.25, -0.2) is 15.0 Å². The van der Waals surface area contributed by atoms with Gasteiger partial charge in [0.25, 0.3) is 0 Å². The second-order valence-corrected chi connectivity index (χ2v) is 15.6. The predicted molar refractivity (Wildman–Crippen MR) is 257 cm³/mol. The second kappa shape index (κ2) is 15.1. The summed E-state index contributed by atoms with van der Waals surface area (Å²) in [5.74, 6) is 1.76.